The molecule has 19 heavy (non-hydrogen) atoms. The predicted octanol–water partition coefficient (Wildman–Crippen LogP) is 2.48. The first-order valence-electron chi connectivity index (χ1n) is 7.29. The molecule has 2 N–H and O–H groups in total. The summed E-state index contributed by atoms with van der Waals surface area (Å²) in [6.07, 6.45) is 2.12. The molecule has 1 amide bonds. The molecule has 0 spiro atoms. The first-order chi connectivity index (χ1) is 9.15. The van der Waals surface area contributed by atoms with E-state index in [0.29, 0.717) is 5.92 Å². The van der Waals surface area contributed by atoms with E-state index in [4.69, 9.17) is 0 Å². The second-order valence-electron chi connectivity index (χ2n) is 6.08. The van der Waals surface area contributed by atoms with Crippen LogP contribution in [0.2, 0.25) is 0 Å². The molecule has 1 aliphatic carbocycles. The maximum absolute atomic E-state index is 11.9. The third kappa shape index (κ3) is 2.66. The van der Waals surface area contributed by atoms with Crippen LogP contribution in [0.1, 0.15) is 55.3 Å². The van der Waals surface area contributed by atoms with Gasteiger partial charge >= 0.3 is 0 Å². The number of hydrogen-bond donors (Lipinski definition) is 2. The van der Waals surface area contributed by atoms with Gasteiger partial charge in [-0.2, -0.15) is 0 Å². The molecule has 1 aliphatic heterocycles. The average Bonchev–Trinajstić information content (AvgIpc) is 3.22. The Morgan fingerprint density at radius 1 is 1.37 bits per heavy atom. The van der Waals surface area contributed by atoms with E-state index in [2.05, 4.69) is 42.7 Å². The Balaban J connectivity index is 1.81. The van der Waals surface area contributed by atoms with E-state index in [0.717, 1.165) is 25.9 Å². The molecule has 3 heteroatoms. The van der Waals surface area contributed by atoms with Gasteiger partial charge in [-0.3, -0.25) is 4.79 Å². The molecule has 1 unspecified atom stereocenters. The lowest BCUT2D eigenvalue weighted by molar-refractivity contribution is -0.123. The van der Waals surface area contributed by atoms with E-state index >= 15 is 0 Å². The normalized spacial score (nSPS) is 22.2. The zero-order valence-electron chi connectivity index (χ0n) is 11.7. The van der Waals surface area contributed by atoms with Crippen molar-refractivity contribution in [3.05, 3.63) is 34.9 Å². The Bertz CT molecular complexity index is 492. The average molecular weight is 258 g/mol. The maximum atomic E-state index is 11.9. The molecule has 0 saturated heterocycles. The summed E-state index contributed by atoms with van der Waals surface area (Å²) in [6, 6.07) is 6.81. The summed E-state index contributed by atoms with van der Waals surface area (Å²) in [5, 5.41) is 6.59. The van der Waals surface area contributed by atoms with Crippen LogP contribution in [0.25, 0.3) is 0 Å². The summed E-state index contributed by atoms with van der Waals surface area (Å²) < 4.78 is 0. The zero-order chi connectivity index (χ0) is 13.4. The van der Waals surface area contributed by atoms with Crippen molar-refractivity contribution in [3.8, 4) is 0 Å². The predicted molar refractivity (Wildman–Crippen MR) is 75.8 cm³/mol. The summed E-state index contributed by atoms with van der Waals surface area (Å²) >= 11 is 0. The number of hydrogen-bond acceptors (Lipinski definition) is 2. The van der Waals surface area contributed by atoms with Gasteiger partial charge in [-0.1, -0.05) is 32.0 Å². The third-order valence-electron chi connectivity index (χ3n) is 4.14. The van der Waals surface area contributed by atoms with Crippen molar-refractivity contribution in [2.45, 2.75) is 45.2 Å². The highest BCUT2D eigenvalue weighted by Crippen LogP contribution is 2.31. The van der Waals surface area contributed by atoms with Crippen LogP contribution in [0, 0.1) is 5.92 Å². The lowest BCUT2D eigenvalue weighted by Gasteiger charge is -2.28. The van der Waals surface area contributed by atoms with Crippen molar-refractivity contribution in [1.82, 2.24) is 10.6 Å². The minimum absolute atomic E-state index is 0.137. The Morgan fingerprint density at radius 3 is 2.84 bits per heavy atom. The molecular weight excluding hydrogens is 236 g/mol. The smallest absolute Gasteiger partial charge is 0.223 e. The quantitative estimate of drug-likeness (QED) is 0.874. The van der Waals surface area contributed by atoms with Gasteiger partial charge in [0.25, 0.3) is 0 Å². The van der Waals surface area contributed by atoms with Crippen LogP contribution in [0.5, 0.6) is 0 Å². The van der Waals surface area contributed by atoms with Gasteiger partial charge in [0, 0.05) is 19.0 Å². The Morgan fingerprint density at radius 2 is 2.16 bits per heavy atom. The van der Waals surface area contributed by atoms with E-state index in [-0.39, 0.29) is 17.9 Å². The molecule has 3 rings (SSSR count). The number of nitrogens with one attached hydrogen (secondary N) is 2. The summed E-state index contributed by atoms with van der Waals surface area (Å²) in [7, 11) is 0. The van der Waals surface area contributed by atoms with Gasteiger partial charge in [0.05, 0.1) is 6.04 Å². The molecule has 2 aliphatic rings. The SMILES string of the molecule is CC(C)c1ccc2c(c1)CNCC2NC(=O)C1CC1. The number of amides is 1. The minimum atomic E-state index is 0.137. The Kier molecular flexibility index (Phi) is 3.31. The molecule has 1 aromatic rings. The lowest BCUT2D eigenvalue weighted by Crippen LogP contribution is -2.40. The summed E-state index contributed by atoms with van der Waals surface area (Å²) in [4.78, 5) is 11.9. The van der Waals surface area contributed by atoms with Gasteiger partial charge < -0.3 is 10.6 Å². The molecule has 0 aromatic heterocycles. The van der Waals surface area contributed by atoms with Crippen molar-refractivity contribution in [2.24, 2.45) is 5.92 Å². The van der Waals surface area contributed by atoms with Crippen LogP contribution in [0.3, 0.4) is 0 Å². The van der Waals surface area contributed by atoms with Crippen LogP contribution in [0.15, 0.2) is 18.2 Å². The zero-order valence-corrected chi connectivity index (χ0v) is 11.7. The van der Waals surface area contributed by atoms with E-state index < -0.39 is 0 Å². The van der Waals surface area contributed by atoms with Crippen LogP contribution >= 0.6 is 0 Å². The second kappa shape index (κ2) is 4.97. The number of carbonyl (C=O) groups is 1. The molecule has 3 nitrogen and oxygen atoms in total. The highest BCUT2D eigenvalue weighted by molar-refractivity contribution is 5.81. The topological polar surface area (TPSA) is 41.1 Å². The minimum Gasteiger partial charge on any atom is -0.348 e. The summed E-state index contributed by atoms with van der Waals surface area (Å²) in [5.41, 5.74) is 3.99. The van der Waals surface area contributed by atoms with Crippen LogP contribution in [-0.4, -0.2) is 12.5 Å². The van der Waals surface area contributed by atoms with Gasteiger partial charge in [-0.05, 0) is 35.4 Å². The molecule has 102 valence electrons. The monoisotopic (exact) mass is 258 g/mol. The maximum Gasteiger partial charge on any atom is 0.223 e. The number of benzene rings is 1. The molecule has 1 saturated carbocycles. The van der Waals surface area contributed by atoms with Gasteiger partial charge in [0.15, 0.2) is 0 Å². The first kappa shape index (κ1) is 12.7. The van der Waals surface area contributed by atoms with Crippen molar-refractivity contribution in [1.29, 1.82) is 0 Å². The standard InChI is InChI=1S/C16H22N2O/c1-10(2)12-5-6-14-13(7-12)8-17-9-15(14)18-16(19)11-3-4-11/h5-7,10-11,15,17H,3-4,8-9H2,1-2H3,(H,18,19). The molecule has 1 heterocycles. The third-order valence-corrected chi connectivity index (χ3v) is 4.14. The number of fused-ring (bicyclic) bond motifs is 1. The van der Waals surface area contributed by atoms with Gasteiger partial charge in [-0.15, -0.1) is 0 Å². The van der Waals surface area contributed by atoms with Crippen molar-refractivity contribution in [3.63, 3.8) is 0 Å². The van der Waals surface area contributed by atoms with Gasteiger partial charge in [0.2, 0.25) is 5.91 Å². The molecule has 1 fully saturated rings. The Labute approximate surface area is 114 Å². The van der Waals surface area contributed by atoms with E-state index in [1.807, 2.05) is 0 Å². The van der Waals surface area contributed by atoms with Crippen molar-refractivity contribution >= 4 is 5.91 Å². The number of rotatable bonds is 3. The number of carbonyl (C=O) groups excluding carboxylic acids is 1. The summed E-state index contributed by atoms with van der Waals surface area (Å²) in [6.45, 7) is 6.17. The largest absolute Gasteiger partial charge is 0.348 e. The van der Waals surface area contributed by atoms with Crippen LogP contribution in [-0.2, 0) is 11.3 Å². The van der Waals surface area contributed by atoms with Crippen LogP contribution < -0.4 is 10.6 Å². The second-order valence-corrected chi connectivity index (χ2v) is 6.08. The highest BCUT2D eigenvalue weighted by Gasteiger charge is 2.32. The molecule has 1 aromatic carbocycles. The van der Waals surface area contributed by atoms with E-state index in [1.54, 1.807) is 0 Å². The molecule has 1 atom stereocenters. The van der Waals surface area contributed by atoms with Gasteiger partial charge in [-0.25, -0.2) is 0 Å². The van der Waals surface area contributed by atoms with Crippen molar-refractivity contribution < 1.29 is 4.79 Å². The Hall–Kier alpha value is -1.35. The van der Waals surface area contributed by atoms with Gasteiger partial charge in [0.1, 0.15) is 0 Å². The van der Waals surface area contributed by atoms with E-state index in [9.17, 15) is 4.79 Å². The van der Waals surface area contributed by atoms with Crippen molar-refractivity contribution in [2.75, 3.05) is 6.54 Å². The molecule has 0 bridgehead atoms. The lowest BCUT2D eigenvalue weighted by atomic mass is 9.91. The highest BCUT2D eigenvalue weighted by atomic mass is 16.2. The molecular formula is C16H22N2O. The summed E-state index contributed by atoms with van der Waals surface area (Å²) in [5.74, 6) is 1.06. The van der Waals surface area contributed by atoms with Crippen LogP contribution in [0.4, 0.5) is 0 Å². The fourth-order valence-electron chi connectivity index (χ4n) is 2.70. The van der Waals surface area contributed by atoms with E-state index in [1.165, 1.54) is 16.7 Å². The first-order valence-corrected chi connectivity index (χ1v) is 7.29. The fraction of sp³-hybridized carbons (Fsp3) is 0.562. The molecule has 0 radical (unpaired) electrons. The fourth-order valence-corrected chi connectivity index (χ4v) is 2.70.